The molecule has 0 aliphatic carbocycles. The first-order chi connectivity index (χ1) is 14.3. The lowest BCUT2D eigenvalue weighted by molar-refractivity contribution is -0.119. The number of amides is 1. The molecule has 2 aromatic rings. The number of nitrogens with zero attached hydrogens (tertiary/aromatic N) is 1. The zero-order valence-electron chi connectivity index (χ0n) is 17.2. The molecule has 30 heavy (non-hydrogen) atoms. The zero-order valence-corrected chi connectivity index (χ0v) is 18.0. The van der Waals surface area contributed by atoms with Crippen molar-refractivity contribution in [2.24, 2.45) is 0 Å². The molecule has 2 aromatic carbocycles. The first-order valence-corrected chi connectivity index (χ1v) is 11.4. The molecule has 0 unspecified atom stereocenters. The monoisotopic (exact) mass is 430 g/mol. The summed E-state index contributed by atoms with van der Waals surface area (Å²) in [6.45, 7) is 4.31. The molecule has 0 radical (unpaired) electrons. The van der Waals surface area contributed by atoms with E-state index in [1.807, 2.05) is 19.1 Å². The van der Waals surface area contributed by atoms with Crippen molar-refractivity contribution >= 4 is 27.6 Å². The minimum Gasteiger partial charge on any atom is -0.452 e. The zero-order chi connectivity index (χ0) is 21.7. The van der Waals surface area contributed by atoms with Gasteiger partial charge in [-0.05, 0) is 62.6 Å². The third-order valence-electron chi connectivity index (χ3n) is 5.04. The molecule has 160 valence electrons. The van der Waals surface area contributed by atoms with Gasteiger partial charge in [0.15, 0.2) is 6.61 Å². The lowest BCUT2D eigenvalue weighted by Gasteiger charge is -2.25. The molecular weight excluding hydrogens is 404 g/mol. The van der Waals surface area contributed by atoms with Crippen LogP contribution in [-0.2, 0) is 19.6 Å². The summed E-state index contributed by atoms with van der Waals surface area (Å²) in [5.74, 6) is -1.06. The van der Waals surface area contributed by atoms with Gasteiger partial charge in [0.25, 0.3) is 5.91 Å². The van der Waals surface area contributed by atoms with Crippen molar-refractivity contribution in [2.45, 2.75) is 38.0 Å². The van der Waals surface area contributed by atoms with E-state index in [2.05, 4.69) is 5.32 Å². The normalized spacial score (nSPS) is 14.9. The smallest absolute Gasteiger partial charge is 0.338 e. The Labute approximate surface area is 177 Å². The van der Waals surface area contributed by atoms with E-state index >= 15 is 0 Å². The van der Waals surface area contributed by atoms with Crippen LogP contribution < -0.4 is 5.32 Å². The molecule has 1 N–H and O–H groups in total. The highest BCUT2D eigenvalue weighted by Gasteiger charge is 2.25. The number of rotatable bonds is 6. The van der Waals surface area contributed by atoms with Crippen LogP contribution >= 0.6 is 0 Å². The fraction of sp³-hybridized carbons (Fsp3) is 0.364. The van der Waals surface area contributed by atoms with E-state index in [1.165, 1.54) is 28.6 Å². The summed E-state index contributed by atoms with van der Waals surface area (Å²) in [6, 6.07) is 11.4. The maximum absolute atomic E-state index is 12.7. The van der Waals surface area contributed by atoms with Crippen LogP contribution in [0.5, 0.6) is 0 Å². The van der Waals surface area contributed by atoms with Gasteiger partial charge in [-0.25, -0.2) is 13.2 Å². The fourth-order valence-corrected chi connectivity index (χ4v) is 4.84. The molecule has 1 aliphatic heterocycles. The van der Waals surface area contributed by atoms with Crippen molar-refractivity contribution in [1.82, 2.24) is 4.31 Å². The van der Waals surface area contributed by atoms with Gasteiger partial charge in [0, 0.05) is 18.8 Å². The minimum absolute atomic E-state index is 0.198. The number of hydrogen-bond donors (Lipinski definition) is 1. The van der Waals surface area contributed by atoms with Gasteiger partial charge >= 0.3 is 5.97 Å². The van der Waals surface area contributed by atoms with E-state index in [4.69, 9.17) is 4.74 Å². The van der Waals surface area contributed by atoms with Crippen LogP contribution in [0.25, 0.3) is 0 Å². The summed E-state index contributed by atoms with van der Waals surface area (Å²) in [6.07, 6.45) is 2.79. The molecule has 1 amide bonds. The third-order valence-corrected chi connectivity index (χ3v) is 6.95. The highest BCUT2D eigenvalue weighted by atomic mass is 32.2. The van der Waals surface area contributed by atoms with Crippen molar-refractivity contribution in [3.63, 3.8) is 0 Å². The molecule has 7 nitrogen and oxygen atoms in total. The standard InChI is InChI=1S/C22H26N2O5S/c1-16-6-7-17(2)20(14-16)22(26)29-15-21(25)23-18-8-10-19(11-9-18)30(27,28)24-12-4-3-5-13-24/h6-11,14H,3-5,12-13,15H2,1-2H3,(H,23,25). The van der Waals surface area contributed by atoms with Gasteiger partial charge in [-0.1, -0.05) is 24.1 Å². The average molecular weight is 431 g/mol. The van der Waals surface area contributed by atoms with Crippen LogP contribution in [0.4, 0.5) is 5.69 Å². The number of esters is 1. The highest BCUT2D eigenvalue weighted by molar-refractivity contribution is 7.89. The van der Waals surface area contributed by atoms with Gasteiger partial charge in [0.1, 0.15) is 0 Å². The lowest BCUT2D eigenvalue weighted by Crippen LogP contribution is -2.35. The molecule has 8 heteroatoms. The van der Waals surface area contributed by atoms with Crippen LogP contribution in [0, 0.1) is 13.8 Å². The van der Waals surface area contributed by atoms with E-state index in [-0.39, 0.29) is 4.90 Å². The first kappa shape index (κ1) is 22.0. The van der Waals surface area contributed by atoms with Gasteiger partial charge in [-0.3, -0.25) is 4.79 Å². The number of nitrogens with one attached hydrogen (secondary N) is 1. The molecule has 1 saturated heterocycles. The molecule has 0 spiro atoms. The Morgan fingerprint density at radius 2 is 1.67 bits per heavy atom. The Bertz CT molecular complexity index is 1030. The Balaban J connectivity index is 1.57. The van der Waals surface area contributed by atoms with Crippen molar-refractivity contribution in [3.8, 4) is 0 Å². The Morgan fingerprint density at radius 3 is 2.33 bits per heavy atom. The second kappa shape index (κ2) is 9.40. The van der Waals surface area contributed by atoms with Crippen molar-refractivity contribution in [2.75, 3.05) is 25.0 Å². The number of piperidine rings is 1. The second-order valence-corrected chi connectivity index (χ2v) is 9.37. The van der Waals surface area contributed by atoms with Crippen LogP contribution in [0.3, 0.4) is 0 Å². The topological polar surface area (TPSA) is 92.8 Å². The highest BCUT2D eigenvalue weighted by Crippen LogP contribution is 2.22. The van der Waals surface area contributed by atoms with Gasteiger partial charge in [-0.2, -0.15) is 4.31 Å². The predicted octanol–water partition coefficient (Wildman–Crippen LogP) is 3.27. The Hall–Kier alpha value is -2.71. The molecule has 1 aliphatic rings. The fourth-order valence-electron chi connectivity index (χ4n) is 3.33. The van der Waals surface area contributed by atoms with Crippen LogP contribution in [0.2, 0.25) is 0 Å². The van der Waals surface area contributed by atoms with Gasteiger partial charge < -0.3 is 10.1 Å². The second-order valence-electron chi connectivity index (χ2n) is 7.43. The number of aryl methyl sites for hydroxylation is 2. The minimum atomic E-state index is -3.52. The van der Waals surface area contributed by atoms with Crippen molar-refractivity contribution < 1.29 is 22.7 Å². The Morgan fingerprint density at radius 1 is 1.00 bits per heavy atom. The summed E-state index contributed by atoms with van der Waals surface area (Å²) in [7, 11) is -3.52. The van der Waals surface area contributed by atoms with Crippen LogP contribution in [-0.4, -0.2) is 44.3 Å². The summed E-state index contributed by atoms with van der Waals surface area (Å²) >= 11 is 0. The van der Waals surface area contributed by atoms with Gasteiger partial charge in [0.05, 0.1) is 10.5 Å². The third kappa shape index (κ3) is 5.25. The number of benzene rings is 2. The van der Waals surface area contributed by atoms with E-state index in [0.29, 0.717) is 24.3 Å². The van der Waals surface area contributed by atoms with E-state index < -0.39 is 28.5 Å². The van der Waals surface area contributed by atoms with Crippen molar-refractivity contribution in [3.05, 3.63) is 59.2 Å². The van der Waals surface area contributed by atoms with E-state index in [0.717, 1.165) is 30.4 Å². The molecule has 0 bridgehead atoms. The summed E-state index contributed by atoms with van der Waals surface area (Å²) in [4.78, 5) is 24.5. The quantitative estimate of drug-likeness (QED) is 0.710. The summed E-state index contributed by atoms with van der Waals surface area (Å²) in [5.41, 5.74) is 2.56. The number of ether oxygens (including phenoxy) is 1. The number of hydrogen-bond acceptors (Lipinski definition) is 5. The predicted molar refractivity (Wildman–Crippen MR) is 114 cm³/mol. The lowest BCUT2D eigenvalue weighted by atomic mass is 10.1. The molecule has 0 aromatic heterocycles. The molecular formula is C22H26N2O5S. The van der Waals surface area contributed by atoms with Crippen molar-refractivity contribution in [1.29, 1.82) is 0 Å². The van der Waals surface area contributed by atoms with Crippen LogP contribution in [0.1, 0.15) is 40.7 Å². The Kier molecular flexibility index (Phi) is 6.89. The van der Waals surface area contributed by atoms with Gasteiger partial charge in [-0.15, -0.1) is 0 Å². The first-order valence-electron chi connectivity index (χ1n) is 9.92. The number of sulfonamides is 1. The molecule has 0 saturated carbocycles. The molecule has 3 rings (SSSR count). The maximum Gasteiger partial charge on any atom is 0.338 e. The van der Waals surface area contributed by atoms with Crippen LogP contribution in [0.15, 0.2) is 47.4 Å². The maximum atomic E-state index is 12.7. The van der Waals surface area contributed by atoms with E-state index in [9.17, 15) is 18.0 Å². The van der Waals surface area contributed by atoms with E-state index in [1.54, 1.807) is 13.0 Å². The SMILES string of the molecule is Cc1ccc(C)c(C(=O)OCC(=O)Nc2ccc(S(=O)(=O)N3CCCCC3)cc2)c1. The average Bonchev–Trinajstić information content (AvgIpc) is 2.75. The molecule has 0 atom stereocenters. The summed E-state index contributed by atoms with van der Waals surface area (Å²) in [5, 5.41) is 2.61. The number of anilines is 1. The largest absolute Gasteiger partial charge is 0.452 e. The van der Waals surface area contributed by atoms with Gasteiger partial charge in [0.2, 0.25) is 10.0 Å². The molecule has 1 heterocycles. The summed E-state index contributed by atoms with van der Waals surface area (Å²) < 4.78 is 31.9. The number of carbonyl (C=O) groups is 2. The number of carbonyl (C=O) groups excluding carboxylic acids is 2. The molecule has 1 fully saturated rings.